The van der Waals surface area contributed by atoms with Gasteiger partial charge in [0.15, 0.2) is 0 Å². The molecule has 0 spiro atoms. The highest BCUT2D eigenvalue weighted by atomic mass is 15.0. The van der Waals surface area contributed by atoms with Gasteiger partial charge < -0.3 is 5.32 Å². The van der Waals surface area contributed by atoms with E-state index < -0.39 is 0 Å². The lowest BCUT2D eigenvalue weighted by atomic mass is 9.96. The smallest absolute Gasteiger partial charge is 0.133 e. The SMILES string of the molecule is CCCc1cccc(-c2ncnc(NC)c2C(C)C)c1. The zero-order chi connectivity index (χ0) is 14.5. The van der Waals surface area contributed by atoms with E-state index in [1.54, 1.807) is 6.33 Å². The molecule has 20 heavy (non-hydrogen) atoms. The van der Waals surface area contributed by atoms with Gasteiger partial charge in [0.05, 0.1) is 5.69 Å². The van der Waals surface area contributed by atoms with Gasteiger partial charge in [-0.15, -0.1) is 0 Å². The number of benzene rings is 1. The van der Waals surface area contributed by atoms with E-state index in [2.05, 4.69) is 60.3 Å². The Morgan fingerprint density at radius 1 is 1.20 bits per heavy atom. The normalized spacial score (nSPS) is 10.8. The standard InChI is InChI=1S/C17H23N3/c1-5-7-13-8-6-9-14(10-13)16-15(12(2)3)17(18-4)20-11-19-16/h6,8-12H,5,7H2,1-4H3,(H,18,19,20). The fourth-order valence-corrected chi connectivity index (χ4v) is 2.53. The second-order valence-electron chi connectivity index (χ2n) is 5.34. The molecule has 1 aromatic carbocycles. The van der Waals surface area contributed by atoms with Crippen LogP contribution in [0.4, 0.5) is 5.82 Å². The van der Waals surface area contributed by atoms with Gasteiger partial charge in [0.2, 0.25) is 0 Å². The molecule has 0 fully saturated rings. The Hall–Kier alpha value is -1.90. The van der Waals surface area contributed by atoms with Crippen molar-refractivity contribution in [3.8, 4) is 11.3 Å². The van der Waals surface area contributed by atoms with Crippen molar-refractivity contribution >= 4 is 5.82 Å². The van der Waals surface area contributed by atoms with Gasteiger partial charge in [0.25, 0.3) is 0 Å². The largest absolute Gasteiger partial charge is 0.373 e. The molecular formula is C17H23N3. The molecule has 0 aliphatic carbocycles. The first kappa shape index (κ1) is 14.5. The van der Waals surface area contributed by atoms with Crippen molar-refractivity contribution in [2.45, 2.75) is 39.5 Å². The third-order valence-corrected chi connectivity index (χ3v) is 3.44. The van der Waals surface area contributed by atoms with E-state index >= 15 is 0 Å². The van der Waals surface area contributed by atoms with Crippen LogP contribution in [0.2, 0.25) is 0 Å². The molecular weight excluding hydrogens is 246 g/mol. The van der Waals surface area contributed by atoms with Crippen molar-refractivity contribution in [1.82, 2.24) is 9.97 Å². The van der Waals surface area contributed by atoms with E-state index in [0.29, 0.717) is 5.92 Å². The van der Waals surface area contributed by atoms with Crippen LogP contribution in [0.3, 0.4) is 0 Å². The second-order valence-corrected chi connectivity index (χ2v) is 5.34. The summed E-state index contributed by atoms with van der Waals surface area (Å²) in [6.45, 7) is 6.56. The summed E-state index contributed by atoms with van der Waals surface area (Å²) in [5.74, 6) is 1.30. The molecule has 3 nitrogen and oxygen atoms in total. The highest BCUT2D eigenvalue weighted by molar-refractivity contribution is 5.69. The molecule has 0 aliphatic heterocycles. The van der Waals surface area contributed by atoms with Crippen LogP contribution in [0.5, 0.6) is 0 Å². The highest BCUT2D eigenvalue weighted by Gasteiger charge is 2.15. The lowest BCUT2D eigenvalue weighted by Gasteiger charge is -2.16. The van der Waals surface area contributed by atoms with E-state index in [0.717, 1.165) is 24.4 Å². The van der Waals surface area contributed by atoms with E-state index in [9.17, 15) is 0 Å². The van der Waals surface area contributed by atoms with Crippen molar-refractivity contribution in [2.75, 3.05) is 12.4 Å². The number of hydrogen-bond donors (Lipinski definition) is 1. The van der Waals surface area contributed by atoms with Crippen LogP contribution in [-0.4, -0.2) is 17.0 Å². The van der Waals surface area contributed by atoms with Crippen molar-refractivity contribution in [3.05, 3.63) is 41.7 Å². The minimum atomic E-state index is 0.378. The molecule has 0 unspecified atom stereocenters. The number of nitrogens with one attached hydrogen (secondary N) is 1. The fraction of sp³-hybridized carbons (Fsp3) is 0.412. The second kappa shape index (κ2) is 6.51. The van der Waals surface area contributed by atoms with Gasteiger partial charge in [-0.1, -0.05) is 45.4 Å². The minimum Gasteiger partial charge on any atom is -0.373 e. The lowest BCUT2D eigenvalue weighted by Crippen LogP contribution is -2.04. The van der Waals surface area contributed by atoms with Crippen LogP contribution in [0.1, 0.15) is 44.2 Å². The van der Waals surface area contributed by atoms with Crippen LogP contribution < -0.4 is 5.32 Å². The number of rotatable bonds is 5. The Labute approximate surface area is 121 Å². The van der Waals surface area contributed by atoms with Crippen LogP contribution >= 0.6 is 0 Å². The van der Waals surface area contributed by atoms with Crippen LogP contribution in [-0.2, 0) is 6.42 Å². The summed E-state index contributed by atoms with van der Waals surface area (Å²) in [7, 11) is 1.91. The molecule has 1 N–H and O–H groups in total. The monoisotopic (exact) mass is 269 g/mol. The summed E-state index contributed by atoms with van der Waals surface area (Å²) in [4.78, 5) is 8.87. The minimum absolute atomic E-state index is 0.378. The summed E-state index contributed by atoms with van der Waals surface area (Å²) in [5, 5.41) is 3.18. The maximum Gasteiger partial charge on any atom is 0.133 e. The number of aromatic nitrogens is 2. The van der Waals surface area contributed by atoms with E-state index in [1.165, 1.54) is 16.7 Å². The van der Waals surface area contributed by atoms with Gasteiger partial charge >= 0.3 is 0 Å². The highest BCUT2D eigenvalue weighted by Crippen LogP contribution is 2.32. The van der Waals surface area contributed by atoms with E-state index in [4.69, 9.17) is 0 Å². The van der Waals surface area contributed by atoms with Crippen molar-refractivity contribution in [3.63, 3.8) is 0 Å². The van der Waals surface area contributed by atoms with Crippen molar-refractivity contribution in [1.29, 1.82) is 0 Å². The Balaban J connectivity index is 2.54. The van der Waals surface area contributed by atoms with Crippen molar-refractivity contribution in [2.24, 2.45) is 0 Å². The Bertz CT molecular complexity index is 576. The van der Waals surface area contributed by atoms with E-state index in [-0.39, 0.29) is 0 Å². The first-order chi connectivity index (χ1) is 9.67. The Morgan fingerprint density at radius 2 is 2.00 bits per heavy atom. The number of hydrogen-bond acceptors (Lipinski definition) is 3. The molecule has 0 radical (unpaired) electrons. The van der Waals surface area contributed by atoms with E-state index in [1.807, 2.05) is 7.05 Å². The van der Waals surface area contributed by atoms with Gasteiger partial charge in [0.1, 0.15) is 12.1 Å². The molecule has 3 heteroatoms. The van der Waals surface area contributed by atoms with Crippen LogP contribution in [0.15, 0.2) is 30.6 Å². The third-order valence-electron chi connectivity index (χ3n) is 3.44. The molecule has 0 bridgehead atoms. The van der Waals surface area contributed by atoms with Gasteiger partial charge in [-0.2, -0.15) is 0 Å². The molecule has 2 rings (SSSR count). The molecule has 106 valence electrons. The zero-order valence-corrected chi connectivity index (χ0v) is 12.8. The molecule has 2 aromatic rings. The summed E-state index contributed by atoms with van der Waals surface area (Å²) < 4.78 is 0. The molecule has 1 aromatic heterocycles. The topological polar surface area (TPSA) is 37.8 Å². The Morgan fingerprint density at radius 3 is 2.65 bits per heavy atom. The van der Waals surface area contributed by atoms with Gasteiger partial charge in [-0.25, -0.2) is 9.97 Å². The van der Waals surface area contributed by atoms with Crippen LogP contribution in [0.25, 0.3) is 11.3 Å². The fourth-order valence-electron chi connectivity index (χ4n) is 2.53. The summed E-state index contributed by atoms with van der Waals surface area (Å²) >= 11 is 0. The molecule has 0 saturated carbocycles. The summed E-state index contributed by atoms with van der Waals surface area (Å²) in [6, 6.07) is 8.68. The van der Waals surface area contributed by atoms with Crippen LogP contribution in [0, 0.1) is 0 Å². The first-order valence-corrected chi connectivity index (χ1v) is 7.29. The first-order valence-electron chi connectivity index (χ1n) is 7.29. The maximum atomic E-state index is 4.53. The lowest BCUT2D eigenvalue weighted by molar-refractivity contribution is 0.851. The third kappa shape index (κ3) is 2.98. The number of anilines is 1. The van der Waals surface area contributed by atoms with Gasteiger partial charge in [-0.3, -0.25) is 0 Å². The number of aryl methyl sites for hydroxylation is 1. The quantitative estimate of drug-likeness (QED) is 0.881. The predicted molar refractivity (Wildman–Crippen MR) is 85.1 cm³/mol. The average molecular weight is 269 g/mol. The molecule has 0 saturated heterocycles. The summed E-state index contributed by atoms with van der Waals surface area (Å²) in [5.41, 5.74) is 4.77. The molecule has 0 atom stereocenters. The number of nitrogens with zero attached hydrogens (tertiary/aromatic N) is 2. The zero-order valence-electron chi connectivity index (χ0n) is 12.8. The maximum absolute atomic E-state index is 4.53. The predicted octanol–water partition coefficient (Wildman–Crippen LogP) is 4.26. The molecule has 1 heterocycles. The van der Waals surface area contributed by atoms with Gasteiger partial charge in [0, 0.05) is 18.2 Å². The summed E-state index contributed by atoms with van der Waals surface area (Å²) in [6.07, 6.45) is 3.90. The van der Waals surface area contributed by atoms with Gasteiger partial charge in [-0.05, 0) is 24.0 Å². The Kier molecular flexibility index (Phi) is 4.72. The molecule has 0 amide bonds. The molecule has 0 aliphatic rings. The average Bonchev–Trinajstić information content (AvgIpc) is 2.47. The van der Waals surface area contributed by atoms with Crippen molar-refractivity contribution < 1.29 is 0 Å².